The van der Waals surface area contributed by atoms with Gasteiger partial charge in [0, 0.05) is 35.4 Å². The lowest BCUT2D eigenvalue weighted by Crippen LogP contribution is -2.45. The summed E-state index contributed by atoms with van der Waals surface area (Å²) in [6.45, 7) is 7.06. The molecule has 162 valence electrons. The molecule has 5 heteroatoms. The van der Waals surface area contributed by atoms with E-state index in [-0.39, 0.29) is 0 Å². The van der Waals surface area contributed by atoms with Crippen LogP contribution >= 0.6 is 12.2 Å². The highest BCUT2D eigenvalue weighted by Crippen LogP contribution is 2.43. The van der Waals surface area contributed by atoms with Crippen molar-refractivity contribution in [1.82, 2.24) is 9.47 Å². The van der Waals surface area contributed by atoms with E-state index in [1.54, 1.807) is 0 Å². The molecule has 2 aromatic carbocycles. The summed E-state index contributed by atoms with van der Waals surface area (Å²) in [4.78, 5) is 2.41. The van der Waals surface area contributed by atoms with Crippen molar-refractivity contribution in [3.8, 4) is 5.75 Å². The van der Waals surface area contributed by atoms with Gasteiger partial charge in [-0.15, -0.1) is 0 Å². The second kappa shape index (κ2) is 8.54. The van der Waals surface area contributed by atoms with Gasteiger partial charge in [-0.05, 0) is 86.8 Å². The van der Waals surface area contributed by atoms with Gasteiger partial charge in [0.2, 0.25) is 0 Å². The summed E-state index contributed by atoms with van der Waals surface area (Å²) < 4.78 is 8.33. The molecule has 5 rings (SSSR count). The lowest BCUT2D eigenvalue weighted by atomic mass is 9.89. The van der Waals surface area contributed by atoms with E-state index in [2.05, 4.69) is 59.0 Å². The molecule has 0 radical (unpaired) electrons. The summed E-state index contributed by atoms with van der Waals surface area (Å²) in [5.74, 6) is 0.916. The third-order valence-electron chi connectivity index (χ3n) is 6.66. The highest BCUT2D eigenvalue weighted by atomic mass is 32.1. The topological polar surface area (TPSA) is 29.4 Å². The first-order valence-electron chi connectivity index (χ1n) is 11.6. The van der Waals surface area contributed by atoms with Crippen molar-refractivity contribution >= 4 is 33.9 Å². The summed E-state index contributed by atoms with van der Waals surface area (Å²) >= 11 is 5.89. The molecule has 0 amide bonds. The van der Waals surface area contributed by atoms with Crippen molar-refractivity contribution in [2.75, 3.05) is 18.5 Å². The molecule has 4 nitrogen and oxygen atoms in total. The number of thiocarbonyl (C=S) groups is 1. The Labute approximate surface area is 190 Å². The number of aromatic nitrogens is 1. The molecule has 1 aliphatic heterocycles. The molecule has 0 spiro atoms. The highest BCUT2D eigenvalue weighted by Gasteiger charge is 2.35. The van der Waals surface area contributed by atoms with Crippen LogP contribution in [0, 0.1) is 6.92 Å². The van der Waals surface area contributed by atoms with Gasteiger partial charge in [-0.2, -0.15) is 0 Å². The smallest absolute Gasteiger partial charge is 0.174 e. The lowest BCUT2D eigenvalue weighted by molar-refractivity contribution is 0.235. The Morgan fingerprint density at radius 1 is 1.16 bits per heavy atom. The molecule has 0 saturated heterocycles. The van der Waals surface area contributed by atoms with Crippen molar-refractivity contribution < 1.29 is 4.74 Å². The molecule has 1 aliphatic carbocycles. The molecule has 0 bridgehead atoms. The molecule has 3 aromatic rings. The number of hydrogen-bond acceptors (Lipinski definition) is 2. The summed E-state index contributed by atoms with van der Waals surface area (Å²) in [7, 11) is 0. The summed E-state index contributed by atoms with van der Waals surface area (Å²) in [5.41, 5.74) is 6.77. The normalized spacial score (nSPS) is 17.5. The first-order valence-corrected chi connectivity index (χ1v) is 12.0. The quantitative estimate of drug-likeness (QED) is 0.382. The van der Waals surface area contributed by atoms with Gasteiger partial charge in [-0.3, -0.25) is 0 Å². The largest absolute Gasteiger partial charge is 0.494 e. The summed E-state index contributed by atoms with van der Waals surface area (Å²) in [6.07, 6.45) is 5.78. The van der Waals surface area contributed by atoms with Crippen LogP contribution in [0.4, 0.5) is 5.69 Å². The molecule has 0 saturated carbocycles. The fraction of sp³-hybridized carbons (Fsp3) is 0.423. The average molecular weight is 434 g/mol. The monoisotopic (exact) mass is 433 g/mol. The SMILES string of the molecule is CCCCOc1ccc(NC(=S)N2CCn3c4c(c5cc(C)ccc53)CCC[C@@H]42)cc1. The number of unbranched alkanes of at least 4 members (excludes halogenated alkanes) is 1. The number of hydrogen-bond donors (Lipinski definition) is 1. The van der Waals surface area contributed by atoms with Crippen LogP contribution in [0.1, 0.15) is 55.5 Å². The standard InChI is InChI=1S/C26H31N3OS/c1-3-4-16-30-20-11-9-19(10-12-20)27-26(31)29-15-14-28-23-13-8-18(2)17-22(23)21-6-5-7-24(29)25(21)28/h8-13,17,24H,3-7,14-16H2,1-2H3,(H,27,31)/t24-/m0/s1. The Balaban J connectivity index is 1.35. The van der Waals surface area contributed by atoms with Crippen LogP contribution in [0.2, 0.25) is 0 Å². The molecule has 1 atom stereocenters. The van der Waals surface area contributed by atoms with E-state index in [9.17, 15) is 0 Å². The van der Waals surface area contributed by atoms with Crippen LogP contribution in [-0.2, 0) is 13.0 Å². The Morgan fingerprint density at radius 2 is 2.00 bits per heavy atom. The van der Waals surface area contributed by atoms with Crippen molar-refractivity contribution in [1.29, 1.82) is 0 Å². The minimum atomic E-state index is 0.363. The zero-order valence-electron chi connectivity index (χ0n) is 18.5. The van der Waals surface area contributed by atoms with Gasteiger partial charge in [0.15, 0.2) is 5.11 Å². The summed E-state index contributed by atoms with van der Waals surface area (Å²) in [6, 6.07) is 15.4. The van der Waals surface area contributed by atoms with Gasteiger partial charge in [0.1, 0.15) is 5.75 Å². The van der Waals surface area contributed by atoms with Gasteiger partial charge in [-0.25, -0.2) is 0 Å². The van der Waals surface area contributed by atoms with E-state index in [0.717, 1.165) is 55.5 Å². The van der Waals surface area contributed by atoms with Crippen molar-refractivity contribution in [2.45, 2.75) is 58.5 Å². The molecule has 1 aromatic heterocycles. The van der Waals surface area contributed by atoms with E-state index in [1.807, 2.05) is 12.1 Å². The van der Waals surface area contributed by atoms with Gasteiger partial charge < -0.3 is 19.5 Å². The van der Waals surface area contributed by atoms with Crippen LogP contribution in [0.15, 0.2) is 42.5 Å². The number of anilines is 1. The van der Waals surface area contributed by atoms with E-state index >= 15 is 0 Å². The Hall–Kier alpha value is -2.53. The number of benzene rings is 2. The molecule has 0 unspecified atom stereocenters. The molecular formula is C26H31N3OS. The molecule has 2 aliphatic rings. The maximum absolute atomic E-state index is 5.89. The van der Waals surface area contributed by atoms with E-state index < -0.39 is 0 Å². The summed E-state index contributed by atoms with van der Waals surface area (Å²) in [5, 5.41) is 5.75. The lowest BCUT2D eigenvalue weighted by Gasteiger charge is -2.41. The second-order valence-electron chi connectivity index (χ2n) is 8.79. The number of fused-ring (bicyclic) bond motifs is 3. The molecule has 2 heterocycles. The van der Waals surface area contributed by atoms with Gasteiger partial charge in [0.25, 0.3) is 0 Å². The zero-order chi connectivity index (χ0) is 21.4. The van der Waals surface area contributed by atoms with E-state index in [0.29, 0.717) is 6.04 Å². The highest BCUT2D eigenvalue weighted by molar-refractivity contribution is 7.80. The Morgan fingerprint density at radius 3 is 2.81 bits per heavy atom. The number of rotatable bonds is 5. The first kappa shape index (κ1) is 20.4. The molecule has 1 N–H and O–H groups in total. The van der Waals surface area contributed by atoms with Crippen LogP contribution < -0.4 is 10.1 Å². The second-order valence-corrected chi connectivity index (χ2v) is 9.18. The Kier molecular flexibility index (Phi) is 5.61. The number of aryl methyl sites for hydroxylation is 2. The third-order valence-corrected chi connectivity index (χ3v) is 7.00. The van der Waals surface area contributed by atoms with Gasteiger partial charge in [-0.1, -0.05) is 25.0 Å². The first-order chi connectivity index (χ1) is 15.2. The van der Waals surface area contributed by atoms with Crippen molar-refractivity contribution in [3.63, 3.8) is 0 Å². The maximum atomic E-state index is 5.89. The fourth-order valence-corrected chi connectivity index (χ4v) is 5.46. The predicted molar refractivity (Wildman–Crippen MR) is 132 cm³/mol. The van der Waals surface area contributed by atoms with Gasteiger partial charge >= 0.3 is 0 Å². The average Bonchev–Trinajstić information content (AvgIpc) is 3.10. The Bertz CT molecular complexity index is 1100. The van der Waals surface area contributed by atoms with E-state index in [1.165, 1.54) is 40.6 Å². The zero-order valence-corrected chi connectivity index (χ0v) is 19.3. The van der Waals surface area contributed by atoms with Crippen LogP contribution in [0.5, 0.6) is 5.75 Å². The fourth-order valence-electron chi connectivity index (χ4n) is 5.13. The minimum absolute atomic E-state index is 0.363. The number of nitrogens with zero attached hydrogens (tertiary/aromatic N) is 2. The van der Waals surface area contributed by atoms with E-state index in [4.69, 9.17) is 17.0 Å². The van der Waals surface area contributed by atoms with Crippen molar-refractivity contribution in [2.24, 2.45) is 0 Å². The predicted octanol–water partition coefficient (Wildman–Crippen LogP) is 6.22. The number of ether oxygens (including phenoxy) is 1. The van der Waals surface area contributed by atoms with Crippen molar-refractivity contribution in [3.05, 3.63) is 59.3 Å². The van der Waals surface area contributed by atoms with Crippen LogP contribution in [-0.4, -0.2) is 27.7 Å². The van der Waals surface area contributed by atoms with Crippen LogP contribution in [0.3, 0.4) is 0 Å². The number of nitrogens with one attached hydrogen (secondary N) is 1. The molecule has 0 fully saturated rings. The molecular weight excluding hydrogens is 402 g/mol. The van der Waals surface area contributed by atoms with Crippen LogP contribution in [0.25, 0.3) is 10.9 Å². The van der Waals surface area contributed by atoms with Gasteiger partial charge in [0.05, 0.1) is 12.6 Å². The molecule has 31 heavy (non-hydrogen) atoms. The maximum Gasteiger partial charge on any atom is 0.174 e. The third kappa shape index (κ3) is 3.80. The minimum Gasteiger partial charge on any atom is -0.494 e.